The zero-order valence-corrected chi connectivity index (χ0v) is 17.6. The molecule has 0 spiro atoms. The SMILES string of the molecule is CCOC(=O)Cc1sc(NC(=O)CSc2nnnn2C2CCCCC2)nc1C. The molecule has 0 saturated heterocycles. The molecular formula is C17H24N6O3S2. The molecular weight excluding hydrogens is 400 g/mol. The molecule has 0 aliphatic heterocycles. The molecule has 2 aromatic rings. The van der Waals surface area contributed by atoms with E-state index < -0.39 is 0 Å². The van der Waals surface area contributed by atoms with Crippen molar-refractivity contribution in [2.75, 3.05) is 17.7 Å². The Bertz CT molecular complexity index is 816. The van der Waals surface area contributed by atoms with E-state index in [1.54, 1.807) is 6.92 Å². The third kappa shape index (κ3) is 5.51. The standard InChI is InChI=1S/C17H24N6O3S2/c1-3-26-15(25)9-13-11(2)18-16(28-13)19-14(24)10-27-17-20-21-22-23(17)12-7-5-4-6-8-12/h12H,3-10H2,1-2H3,(H,18,19,24). The lowest BCUT2D eigenvalue weighted by atomic mass is 9.96. The number of hydrogen-bond donors (Lipinski definition) is 1. The minimum absolute atomic E-state index is 0.165. The number of nitrogens with zero attached hydrogens (tertiary/aromatic N) is 5. The number of amides is 1. The van der Waals surface area contributed by atoms with Crippen molar-refractivity contribution in [3.63, 3.8) is 0 Å². The number of nitrogens with one attached hydrogen (secondary N) is 1. The fourth-order valence-electron chi connectivity index (χ4n) is 3.11. The van der Waals surface area contributed by atoms with E-state index in [-0.39, 0.29) is 24.1 Å². The molecule has 28 heavy (non-hydrogen) atoms. The lowest BCUT2D eigenvalue weighted by molar-refractivity contribution is -0.142. The van der Waals surface area contributed by atoms with Crippen molar-refractivity contribution in [1.29, 1.82) is 0 Å². The van der Waals surface area contributed by atoms with E-state index in [1.807, 2.05) is 11.6 Å². The first kappa shape index (κ1) is 20.7. The second kappa shape index (κ2) is 9.97. The zero-order chi connectivity index (χ0) is 19.9. The summed E-state index contributed by atoms with van der Waals surface area (Å²) in [6.45, 7) is 3.93. The Kier molecular flexibility index (Phi) is 7.37. The van der Waals surface area contributed by atoms with Crippen LogP contribution in [0.1, 0.15) is 55.6 Å². The fourth-order valence-corrected chi connectivity index (χ4v) is 4.82. The summed E-state index contributed by atoms with van der Waals surface area (Å²) in [6.07, 6.45) is 5.95. The summed E-state index contributed by atoms with van der Waals surface area (Å²) in [5.74, 6) is -0.282. The first-order chi connectivity index (χ1) is 13.6. The number of thioether (sulfide) groups is 1. The van der Waals surface area contributed by atoms with Crippen LogP contribution >= 0.6 is 23.1 Å². The molecule has 3 rings (SSSR count). The van der Waals surface area contributed by atoms with Crippen LogP contribution in [0.2, 0.25) is 0 Å². The molecule has 0 bridgehead atoms. The highest BCUT2D eigenvalue weighted by Crippen LogP contribution is 2.30. The minimum atomic E-state index is -0.294. The van der Waals surface area contributed by atoms with Crippen LogP contribution in [0.25, 0.3) is 0 Å². The van der Waals surface area contributed by atoms with Gasteiger partial charge < -0.3 is 10.1 Å². The summed E-state index contributed by atoms with van der Waals surface area (Å²) in [5, 5.41) is 15.9. The number of anilines is 1. The van der Waals surface area contributed by atoms with Gasteiger partial charge in [0, 0.05) is 4.88 Å². The van der Waals surface area contributed by atoms with Crippen molar-refractivity contribution < 1.29 is 14.3 Å². The lowest BCUT2D eigenvalue weighted by Gasteiger charge is -2.21. The molecule has 1 amide bonds. The highest BCUT2D eigenvalue weighted by Gasteiger charge is 2.21. The van der Waals surface area contributed by atoms with Crippen LogP contribution in [0.3, 0.4) is 0 Å². The third-order valence-electron chi connectivity index (χ3n) is 4.46. The van der Waals surface area contributed by atoms with Gasteiger partial charge >= 0.3 is 5.97 Å². The van der Waals surface area contributed by atoms with Crippen LogP contribution in [-0.2, 0) is 20.7 Å². The molecule has 2 aromatic heterocycles. The van der Waals surface area contributed by atoms with E-state index in [4.69, 9.17) is 4.74 Å². The first-order valence-electron chi connectivity index (χ1n) is 9.39. The van der Waals surface area contributed by atoms with E-state index in [9.17, 15) is 9.59 Å². The molecule has 0 unspecified atom stereocenters. The number of aromatic nitrogens is 5. The maximum Gasteiger partial charge on any atom is 0.311 e. The maximum atomic E-state index is 12.3. The molecule has 9 nitrogen and oxygen atoms in total. The van der Waals surface area contributed by atoms with Gasteiger partial charge in [-0.1, -0.05) is 31.0 Å². The predicted molar refractivity (Wildman–Crippen MR) is 106 cm³/mol. The van der Waals surface area contributed by atoms with E-state index in [1.165, 1.54) is 42.4 Å². The van der Waals surface area contributed by atoms with E-state index in [0.29, 0.717) is 22.9 Å². The summed E-state index contributed by atoms with van der Waals surface area (Å²) < 4.78 is 6.81. The molecule has 1 fully saturated rings. The van der Waals surface area contributed by atoms with Gasteiger partial charge in [-0.15, -0.1) is 16.4 Å². The summed E-state index contributed by atoms with van der Waals surface area (Å²) >= 11 is 2.61. The molecule has 2 heterocycles. The van der Waals surface area contributed by atoms with Crippen LogP contribution in [0.4, 0.5) is 5.13 Å². The first-order valence-corrected chi connectivity index (χ1v) is 11.2. The number of carbonyl (C=O) groups excluding carboxylic acids is 2. The number of carbonyl (C=O) groups is 2. The average Bonchev–Trinajstić information content (AvgIpc) is 3.27. The molecule has 11 heteroatoms. The molecule has 0 aromatic carbocycles. The van der Waals surface area contributed by atoms with Gasteiger partial charge in [-0.25, -0.2) is 9.67 Å². The van der Waals surface area contributed by atoms with Crippen LogP contribution in [0.5, 0.6) is 0 Å². The average molecular weight is 425 g/mol. The highest BCUT2D eigenvalue weighted by atomic mass is 32.2. The van der Waals surface area contributed by atoms with Crippen LogP contribution < -0.4 is 5.32 Å². The largest absolute Gasteiger partial charge is 0.466 e. The van der Waals surface area contributed by atoms with Crippen molar-refractivity contribution in [1.82, 2.24) is 25.2 Å². The van der Waals surface area contributed by atoms with Gasteiger partial charge in [0.05, 0.1) is 30.5 Å². The Morgan fingerprint density at radius 1 is 1.32 bits per heavy atom. The normalized spacial score (nSPS) is 14.8. The van der Waals surface area contributed by atoms with Crippen molar-refractivity contribution in [2.24, 2.45) is 0 Å². The van der Waals surface area contributed by atoms with Crippen LogP contribution in [0, 0.1) is 6.92 Å². The number of ether oxygens (including phenoxy) is 1. The Balaban J connectivity index is 1.53. The van der Waals surface area contributed by atoms with Crippen molar-refractivity contribution in [3.8, 4) is 0 Å². The van der Waals surface area contributed by atoms with Gasteiger partial charge in [-0.05, 0) is 37.1 Å². The number of esters is 1. The van der Waals surface area contributed by atoms with E-state index in [2.05, 4.69) is 25.8 Å². The summed E-state index contributed by atoms with van der Waals surface area (Å²) in [6, 6.07) is 0.321. The summed E-state index contributed by atoms with van der Waals surface area (Å²) in [5.41, 5.74) is 0.724. The molecule has 1 aliphatic rings. The maximum absolute atomic E-state index is 12.3. The Morgan fingerprint density at radius 3 is 2.86 bits per heavy atom. The zero-order valence-electron chi connectivity index (χ0n) is 16.0. The topological polar surface area (TPSA) is 112 Å². The Morgan fingerprint density at radius 2 is 2.11 bits per heavy atom. The summed E-state index contributed by atoms with van der Waals surface area (Å²) in [7, 11) is 0. The van der Waals surface area contributed by atoms with Gasteiger partial charge in [-0.3, -0.25) is 9.59 Å². The van der Waals surface area contributed by atoms with Crippen molar-refractivity contribution in [3.05, 3.63) is 10.6 Å². The minimum Gasteiger partial charge on any atom is -0.466 e. The number of aryl methyl sites for hydroxylation is 1. The molecule has 1 saturated carbocycles. The lowest BCUT2D eigenvalue weighted by Crippen LogP contribution is -2.17. The number of hydrogen-bond acceptors (Lipinski definition) is 9. The van der Waals surface area contributed by atoms with Gasteiger partial charge in [0.1, 0.15) is 0 Å². The van der Waals surface area contributed by atoms with Crippen molar-refractivity contribution >= 4 is 40.1 Å². The van der Waals surface area contributed by atoms with E-state index >= 15 is 0 Å². The van der Waals surface area contributed by atoms with E-state index in [0.717, 1.165) is 23.4 Å². The molecule has 1 aliphatic carbocycles. The van der Waals surface area contributed by atoms with Crippen LogP contribution in [0.15, 0.2) is 5.16 Å². The number of rotatable bonds is 8. The molecule has 1 N–H and O–H groups in total. The molecule has 0 radical (unpaired) electrons. The second-order valence-corrected chi connectivity index (χ2v) is 8.57. The smallest absolute Gasteiger partial charge is 0.311 e. The number of thiazole rings is 1. The fraction of sp³-hybridized carbons (Fsp3) is 0.647. The van der Waals surface area contributed by atoms with Crippen LogP contribution in [-0.4, -0.2) is 49.4 Å². The third-order valence-corrected chi connectivity index (χ3v) is 6.47. The molecule has 0 atom stereocenters. The highest BCUT2D eigenvalue weighted by molar-refractivity contribution is 7.99. The Labute approximate surface area is 171 Å². The molecule has 152 valence electrons. The summed E-state index contributed by atoms with van der Waals surface area (Å²) in [4.78, 5) is 29.1. The second-order valence-electron chi connectivity index (χ2n) is 6.54. The van der Waals surface area contributed by atoms with Gasteiger partial charge in [0.2, 0.25) is 11.1 Å². The van der Waals surface area contributed by atoms with Gasteiger partial charge in [0.15, 0.2) is 5.13 Å². The van der Waals surface area contributed by atoms with Gasteiger partial charge in [0.25, 0.3) is 0 Å². The Hall–Kier alpha value is -2.01. The predicted octanol–water partition coefficient (Wildman–Crippen LogP) is 2.78. The monoisotopic (exact) mass is 424 g/mol. The van der Waals surface area contributed by atoms with Crippen molar-refractivity contribution in [2.45, 2.75) is 63.6 Å². The van der Waals surface area contributed by atoms with Gasteiger partial charge in [-0.2, -0.15) is 0 Å². The quantitative estimate of drug-likeness (QED) is 0.508. The number of tetrazole rings is 1.